The molecule has 1 fully saturated rings. The average Bonchev–Trinajstić information content (AvgIpc) is 2.88. The first-order chi connectivity index (χ1) is 16.7. The predicted octanol–water partition coefficient (Wildman–Crippen LogP) is 3.99. The lowest BCUT2D eigenvalue weighted by Gasteiger charge is -2.33. The highest BCUT2D eigenvalue weighted by molar-refractivity contribution is 5.94. The number of likely N-dealkylation sites (tertiary alicyclic amines) is 1. The third-order valence-electron chi connectivity index (χ3n) is 5.96. The summed E-state index contributed by atoms with van der Waals surface area (Å²) in [6.45, 7) is 4.96. The number of benzene rings is 2. The number of nitrogens with zero attached hydrogens (tertiary/aromatic N) is 2. The lowest BCUT2D eigenvalue weighted by atomic mass is 10.0. The van der Waals surface area contributed by atoms with E-state index in [-0.39, 0.29) is 17.9 Å². The molecule has 7 heteroatoms. The Morgan fingerprint density at radius 1 is 1.03 bits per heavy atom. The topological polar surface area (TPSA) is 83.0 Å². The van der Waals surface area contributed by atoms with Gasteiger partial charge in [-0.2, -0.15) is 5.10 Å². The van der Waals surface area contributed by atoms with E-state index in [1.165, 1.54) is 6.42 Å². The summed E-state index contributed by atoms with van der Waals surface area (Å²) in [7, 11) is 0. The van der Waals surface area contributed by atoms with Gasteiger partial charge in [0.1, 0.15) is 5.75 Å². The summed E-state index contributed by atoms with van der Waals surface area (Å²) in [6.07, 6.45) is 7.47. The number of rotatable bonds is 12. The SMILES string of the molecule is CCOc1ccccc1C=NNC(=O)C(CCCCNC(=O)c1ccccc1)N1CCCCC1. The van der Waals surface area contributed by atoms with Gasteiger partial charge in [-0.3, -0.25) is 14.5 Å². The number of piperidine rings is 1. The monoisotopic (exact) mass is 464 g/mol. The Bertz CT molecular complexity index is 926. The van der Waals surface area contributed by atoms with Gasteiger partial charge in [0.25, 0.3) is 11.8 Å². The van der Waals surface area contributed by atoms with Crippen LogP contribution in [-0.2, 0) is 4.79 Å². The molecule has 0 aliphatic carbocycles. The van der Waals surface area contributed by atoms with Crippen LogP contribution >= 0.6 is 0 Å². The molecule has 0 radical (unpaired) electrons. The second-order valence-corrected chi connectivity index (χ2v) is 8.44. The highest BCUT2D eigenvalue weighted by Gasteiger charge is 2.26. The van der Waals surface area contributed by atoms with Gasteiger partial charge in [0.05, 0.1) is 18.9 Å². The Hall–Kier alpha value is -3.19. The highest BCUT2D eigenvalue weighted by Crippen LogP contribution is 2.17. The van der Waals surface area contributed by atoms with E-state index in [0.717, 1.165) is 56.5 Å². The van der Waals surface area contributed by atoms with Crippen molar-refractivity contribution >= 4 is 18.0 Å². The molecule has 1 heterocycles. The zero-order valence-electron chi connectivity index (χ0n) is 20.0. The van der Waals surface area contributed by atoms with Crippen LogP contribution in [0, 0.1) is 0 Å². The van der Waals surface area contributed by atoms with E-state index < -0.39 is 0 Å². The molecule has 1 saturated heterocycles. The summed E-state index contributed by atoms with van der Waals surface area (Å²) in [4.78, 5) is 27.5. The van der Waals surface area contributed by atoms with Crippen LogP contribution in [0.3, 0.4) is 0 Å². The predicted molar refractivity (Wildman–Crippen MR) is 135 cm³/mol. The molecule has 1 aliphatic rings. The second-order valence-electron chi connectivity index (χ2n) is 8.44. The summed E-state index contributed by atoms with van der Waals surface area (Å²) in [5.74, 6) is 0.598. The minimum Gasteiger partial charge on any atom is -0.493 e. The molecule has 34 heavy (non-hydrogen) atoms. The van der Waals surface area contributed by atoms with Crippen molar-refractivity contribution in [2.75, 3.05) is 26.2 Å². The van der Waals surface area contributed by atoms with Crippen LogP contribution in [0.4, 0.5) is 0 Å². The van der Waals surface area contributed by atoms with Crippen LogP contribution in [0.1, 0.15) is 61.4 Å². The minimum absolute atomic E-state index is 0.0624. The highest BCUT2D eigenvalue weighted by atomic mass is 16.5. The molecule has 0 aromatic heterocycles. The maximum Gasteiger partial charge on any atom is 0.257 e. The first-order valence-corrected chi connectivity index (χ1v) is 12.3. The van der Waals surface area contributed by atoms with Gasteiger partial charge in [-0.15, -0.1) is 0 Å². The molecular formula is C27H36N4O3. The first-order valence-electron chi connectivity index (χ1n) is 12.3. The number of para-hydroxylation sites is 1. The Morgan fingerprint density at radius 3 is 2.53 bits per heavy atom. The van der Waals surface area contributed by atoms with Crippen molar-refractivity contribution in [2.24, 2.45) is 5.10 Å². The minimum atomic E-state index is -0.218. The fourth-order valence-electron chi connectivity index (χ4n) is 4.18. The summed E-state index contributed by atoms with van der Waals surface area (Å²) in [5.41, 5.74) is 4.23. The van der Waals surface area contributed by atoms with Crippen molar-refractivity contribution in [1.82, 2.24) is 15.6 Å². The second kappa shape index (κ2) is 14.2. The zero-order chi connectivity index (χ0) is 24.0. The summed E-state index contributed by atoms with van der Waals surface area (Å²) < 4.78 is 5.62. The van der Waals surface area contributed by atoms with E-state index in [0.29, 0.717) is 18.7 Å². The molecule has 7 nitrogen and oxygen atoms in total. The fourth-order valence-corrected chi connectivity index (χ4v) is 4.18. The van der Waals surface area contributed by atoms with E-state index >= 15 is 0 Å². The molecule has 2 N–H and O–H groups in total. The number of amides is 2. The van der Waals surface area contributed by atoms with Gasteiger partial charge in [-0.1, -0.05) is 36.8 Å². The number of hydrazone groups is 1. The number of hydrogen-bond donors (Lipinski definition) is 2. The van der Waals surface area contributed by atoms with E-state index in [4.69, 9.17) is 4.74 Å². The molecule has 182 valence electrons. The van der Waals surface area contributed by atoms with Gasteiger partial charge in [0.15, 0.2) is 0 Å². The average molecular weight is 465 g/mol. The fraction of sp³-hybridized carbons (Fsp3) is 0.444. The molecule has 0 spiro atoms. The Labute approximate surface area is 202 Å². The number of carbonyl (C=O) groups excluding carboxylic acids is 2. The summed E-state index contributed by atoms with van der Waals surface area (Å²) in [6, 6.07) is 16.6. The summed E-state index contributed by atoms with van der Waals surface area (Å²) in [5, 5.41) is 7.17. The molecule has 1 aliphatic heterocycles. The van der Waals surface area contributed by atoms with Gasteiger partial charge >= 0.3 is 0 Å². The Kier molecular flexibility index (Phi) is 10.6. The van der Waals surface area contributed by atoms with E-state index in [1.807, 2.05) is 49.4 Å². The van der Waals surface area contributed by atoms with Crippen molar-refractivity contribution in [2.45, 2.75) is 51.5 Å². The van der Waals surface area contributed by atoms with Gasteiger partial charge in [-0.25, -0.2) is 5.43 Å². The smallest absolute Gasteiger partial charge is 0.257 e. The Balaban J connectivity index is 1.50. The molecule has 3 rings (SSSR count). The third kappa shape index (κ3) is 7.99. The first kappa shape index (κ1) is 25.4. The van der Waals surface area contributed by atoms with Crippen molar-refractivity contribution < 1.29 is 14.3 Å². The van der Waals surface area contributed by atoms with Crippen molar-refractivity contribution in [3.05, 3.63) is 65.7 Å². The number of nitrogens with one attached hydrogen (secondary N) is 2. The largest absolute Gasteiger partial charge is 0.493 e. The normalized spacial score (nSPS) is 15.1. The molecule has 0 bridgehead atoms. The number of carbonyl (C=O) groups is 2. The molecule has 2 aromatic carbocycles. The van der Waals surface area contributed by atoms with Gasteiger partial charge in [0, 0.05) is 17.7 Å². The summed E-state index contributed by atoms with van der Waals surface area (Å²) >= 11 is 0. The van der Waals surface area contributed by atoms with Crippen LogP contribution in [0.15, 0.2) is 59.7 Å². The lowest BCUT2D eigenvalue weighted by Crippen LogP contribution is -2.47. The molecule has 2 aromatic rings. The van der Waals surface area contributed by atoms with Crippen molar-refractivity contribution in [3.63, 3.8) is 0 Å². The standard InChI is InChI=1S/C27H36N4O3/c1-2-34-25-17-8-7-15-23(25)21-29-30-27(33)24(31-19-11-4-12-20-31)16-9-10-18-28-26(32)22-13-5-3-6-14-22/h3,5-8,13-15,17,21,24H,2,4,9-12,16,18-20H2,1H3,(H,28,32)(H,30,33). The number of unbranched alkanes of at least 4 members (excludes halogenated alkanes) is 1. The van der Waals surface area contributed by atoms with Crippen LogP contribution in [0.25, 0.3) is 0 Å². The maximum absolute atomic E-state index is 13.0. The molecule has 1 atom stereocenters. The van der Waals surface area contributed by atoms with Crippen LogP contribution in [0.2, 0.25) is 0 Å². The van der Waals surface area contributed by atoms with Crippen LogP contribution in [-0.4, -0.2) is 55.2 Å². The lowest BCUT2D eigenvalue weighted by molar-refractivity contribution is -0.127. The number of hydrogen-bond acceptors (Lipinski definition) is 5. The maximum atomic E-state index is 13.0. The van der Waals surface area contributed by atoms with Crippen LogP contribution < -0.4 is 15.5 Å². The van der Waals surface area contributed by atoms with Crippen molar-refractivity contribution in [3.8, 4) is 5.75 Å². The van der Waals surface area contributed by atoms with Gasteiger partial charge in [-0.05, 0) is 76.4 Å². The zero-order valence-corrected chi connectivity index (χ0v) is 20.0. The molecule has 1 unspecified atom stereocenters. The van der Waals surface area contributed by atoms with Gasteiger partial charge in [0.2, 0.25) is 0 Å². The molecule has 2 amide bonds. The van der Waals surface area contributed by atoms with Gasteiger partial charge < -0.3 is 10.1 Å². The number of ether oxygens (including phenoxy) is 1. The van der Waals surface area contributed by atoms with E-state index in [1.54, 1.807) is 18.3 Å². The van der Waals surface area contributed by atoms with Crippen LogP contribution in [0.5, 0.6) is 5.75 Å². The quantitative estimate of drug-likeness (QED) is 0.283. The van der Waals surface area contributed by atoms with E-state index in [2.05, 4.69) is 20.7 Å². The molecule has 0 saturated carbocycles. The van der Waals surface area contributed by atoms with E-state index in [9.17, 15) is 9.59 Å². The third-order valence-corrected chi connectivity index (χ3v) is 5.96. The van der Waals surface area contributed by atoms with Crippen molar-refractivity contribution in [1.29, 1.82) is 0 Å². The Morgan fingerprint density at radius 2 is 1.76 bits per heavy atom. The molecular weight excluding hydrogens is 428 g/mol.